The highest BCUT2D eigenvalue weighted by Crippen LogP contribution is 2.38. The molecular formula is C39H55Cl2N3O9. The molecule has 14 heteroatoms. The molecule has 5 atom stereocenters. The molecular weight excluding hydrogens is 725 g/mol. The number of hydrogen-bond donors (Lipinski definition) is 5. The van der Waals surface area contributed by atoms with E-state index in [9.17, 15) is 24.9 Å². The van der Waals surface area contributed by atoms with Gasteiger partial charge >= 0.3 is 5.97 Å². The minimum absolute atomic E-state index is 0.104. The van der Waals surface area contributed by atoms with Gasteiger partial charge < -0.3 is 44.5 Å². The highest BCUT2D eigenvalue weighted by molar-refractivity contribution is 6.38. The van der Waals surface area contributed by atoms with Crippen LogP contribution in [0.25, 0.3) is 11.0 Å². The number of rotatable bonds is 23. The second-order valence-electron chi connectivity index (χ2n) is 13.8. The van der Waals surface area contributed by atoms with Crippen molar-refractivity contribution in [2.45, 2.75) is 141 Å². The predicted molar refractivity (Wildman–Crippen MR) is 204 cm³/mol. The molecule has 3 aromatic rings. The van der Waals surface area contributed by atoms with Crippen LogP contribution in [0.15, 0.2) is 30.3 Å². The lowest BCUT2D eigenvalue weighted by molar-refractivity contribution is -0.261. The number of aryl methyl sites for hydroxylation is 1. The highest BCUT2D eigenvalue weighted by atomic mass is 35.5. The minimum Gasteiger partial charge on any atom is -0.483 e. The molecule has 0 saturated carbocycles. The average Bonchev–Trinajstić information content (AvgIpc) is 3.50. The van der Waals surface area contributed by atoms with Crippen LogP contribution in [0, 0.1) is 6.92 Å². The number of nitrogens with zero attached hydrogens (tertiary/aromatic N) is 2. The molecule has 1 aliphatic heterocycles. The molecule has 53 heavy (non-hydrogen) atoms. The Morgan fingerprint density at radius 2 is 1.53 bits per heavy atom. The van der Waals surface area contributed by atoms with Gasteiger partial charge in [-0.3, -0.25) is 9.59 Å². The molecule has 0 radical (unpaired) electrons. The van der Waals surface area contributed by atoms with Gasteiger partial charge in [-0.25, -0.2) is 4.98 Å². The number of carbonyl (C=O) groups is 2. The van der Waals surface area contributed by atoms with Crippen LogP contribution in [-0.2, 0) is 27.4 Å². The molecule has 294 valence electrons. The fourth-order valence-electron chi connectivity index (χ4n) is 6.84. The number of carbonyl (C=O) groups excluding carboxylic acids is 1. The number of halogens is 2. The minimum atomic E-state index is -1.47. The molecule has 1 saturated heterocycles. The molecule has 1 aliphatic rings. The van der Waals surface area contributed by atoms with Gasteiger partial charge in [-0.1, -0.05) is 106 Å². The number of para-hydroxylation sites is 2. The van der Waals surface area contributed by atoms with Gasteiger partial charge in [0.15, 0.2) is 12.0 Å². The Morgan fingerprint density at radius 1 is 0.925 bits per heavy atom. The van der Waals surface area contributed by atoms with Gasteiger partial charge in [-0.2, -0.15) is 0 Å². The van der Waals surface area contributed by atoms with Crippen molar-refractivity contribution in [3.63, 3.8) is 0 Å². The van der Waals surface area contributed by atoms with E-state index in [2.05, 4.69) is 9.88 Å². The zero-order valence-electron chi connectivity index (χ0n) is 30.8. The maximum absolute atomic E-state index is 13.4. The van der Waals surface area contributed by atoms with Gasteiger partial charge in [0.2, 0.25) is 0 Å². The zero-order chi connectivity index (χ0) is 38.3. The lowest BCUT2D eigenvalue weighted by Gasteiger charge is -2.41. The summed E-state index contributed by atoms with van der Waals surface area (Å²) in [5.74, 6) is -0.375. The molecule has 0 spiro atoms. The number of aliphatic carboxylic acids is 1. The van der Waals surface area contributed by atoms with Crippen LogP contribution < -0.4 is 10.1 Å². The monoisotopic (exact) mass is 779 g/mol. The smallest absolute Gasteiger partial charge is 0.303 e. The van der Waals surface area contributed by atoms with E-state index in [-0.39, 0.29) is 34.4 Å². The summed E-state index contributed by atoms with van der Waals surface area (Å²) in [5, 5.41) is 42.1. The Bertz CT molecular complexity index is 1620. The average molecular weight is 781 g/mol. The van der Waals surface area contributed by atoms with Crippen molar-refractivity contribution in [2.75, 3.05) is 13.7 Å². The Hall–Kier alpha value is -2.97. The Kier molecular flexibility index (Phi) is 17.6. The second-order valence-corrected chi connectivity index (χ2v) is 14.6. The number of aliphatic hydroxyl groups excluding tert-OH is 3. The first kappa shape index (κ1) is 42.8. The first-order valence-corrected chi connectivity index (χ1v) is 19.6. The number of methoxy groups -OCH3 is 1. The summed E-state index contributed by atoms with van der Waals surface area (Å²) in [6, 6.07) is 8.26. The lowest BCUT2D eigenvalue weighted by Crippen LogP contribution is -2.64. The largest absolute Gasteiger partial charge is 0.483 e. The standard InChI is InChI=1S/C39H55Cl2N3O9/c1-25-26(38(50)43-34-36(49)35(48)30(23-45)53-39(34)51-2)22-27(40)37(33(25)41)52-24-31-42-28-18-15-16-19-29(28)44(31)21-17-13-11-9-7-5-3-4-6-8-10-12-14-20-32(46)47/h15-16,18-19,22,30,34-36,39,45,48-49H,3-14,17,20-21,23-24H2,1-2H3,(H,43,50)(H,46,47)/t30-,34-,35-,36-,39+/m1/s1. The van der Waals surface area contributed by atoms with E-state index < -0.39 is 49.1 Å². The number of hydrogen-bond acceptors (Lipinski definition) is 9. The third-order valence-electron chi connectivity index (χ3n) is 9.93. The SMILES string of the molecule is CO[C@H]1O[C@H](CO)[C@@H](O)[C@H](O)[C@H]1NC(=O)c1cc(Cl)c(OCc2nc3ccccc3n2CCCCCCCCCCCCCCCC(=O)O)c(Cl)c1C. The number of carboxylic acids is 1. The molecule has 5 N–H and O–H groups in total. The maximum Gasteiger partial charge on any atom is 0.303 e. The molecule has 1 amide bonds. The third-order valence-corrected chi connectivity index (χ3v) is 10.7. The summed E-state index contributed by atoms with van der Waals surface area (Å²) in [6.45, 7) is 2.01. The Labute approximate surface area is 321 Å². The van der Waals surface area contributed by atoms with Crippen LogP contribution in [0.1, 0.15) is 112 Å². The molecule has 4 rings (SSSR count). The van der Waals surface area contributed by atoms with Gasteiger partial charge in [0.05, 0.1) is 27.7 Å². The summed E-state index contributed by atoms with van der Waals surface area (Å²) in [6.07, 6.45) is 10.0. The number of imidazole rings is 1. The number of nitrogens with one attached hydrogen (secondary N) is 1. The highest BCUT2D eigenvalue weighted by Gasteiger charge is 2.45. The van der Waals surface area contributed by atoms with Crippen LogP contribution in [0.3, 0.4) is 0 Å². The molecule has 2 aromatic carbocycles. The number of aliphatic hydroxyl groups is 3. The Morgan fingerprint density at radius 3 is 2.13 bits per heavy atom. The van der Waals surface area contributed by atoms with E-state index in [4.69, 9.17) is 47.5 Å². The van der Waals surface area contributed by atoms with Crippen molar-refractivity contribution in [1.29, 1.82) is 0 Å². The topological polar surface area (TPSA) is 173 Å². The van der Waals surface area contributed by atoms with Crippen molar-refractivity contribution in [1.82, 2.24) is 14.9 Å². The predicted octanol–water partition coefficient (Wildman–Crippen LogP) is 6.96. The van der Waals surface area contributed by atoms with Crippen LogP contribution >= 0.6 is 23.2 Å². The van der Waals surface area contributed by atoms with Gasteiger partial charge in [0, 0.05) is 25.6 Å². The summed E-state index contributed by atoms with van der Waals surface area (Å²) in [5.41, 5.74) is 2.43. The lowest BCUT2D eigenvalue weighted by atomic mass is 9.96. The molecule has 0 aliphatic carbocycles. The first-order valence-electron chi connectivity index (χ1n) is 18.8. The maximum atomic E-state index is 13.4. The quantitative estimate of drug-likeness (QED) is 0.0634. The van der Waals surface area contributed by atoms with Crippen molar-refractivity contribution >= 4 is 46.1 Å². The fourth-order valence-corrected chi connectivity index (χ4v) is 7.41. The summed E-state index contributed by atoms with van der Waals surface area (Å²) < 4.78 is 19.1. The third kappa shape index (κ3) is 12.0. The van der Waals surface area contributed by atoms with Crippen LogP contribution in [0.5, 0.6) is 5.75 Å². The first-order chi connectivity index (χ1) is 25.6. The van der Waals surface area contributed by atoms with Crippen LogP contribution in [0.4, 0.5) is 0 Å². The number of benzene rings is 2. The van der Waals surface area contributed by atoms with Gasteiger partial charge in [0.1, 0.15) is 36.8 Å². The molecule has 1 fully saturated rings. The van der Waals surface area contributed by atoms with Gasteiger partial charge in [-0.15, -0.1) is 0 Å². The number of aromatic nitrogens is 2. The molecule has 2 heterocycles. The molecule has 0 unspecified atom stereocenters. The van der Waals surface area contributed by atoms with E-state index in [0.717, 1.165) is 55.5 Å². The van der Waals surface area contributed by atoms with E-state index in [1.54, 1.807) is 6.92 Å². The second kappa shape index (κ2) is 21.8. The number of unbranched alkanes of at least 4 members (excludes halogenated alkanes) is 12. The van der Waals surface area contributed by atoms with Crippen molar-refractivity contribution in [2.24, 2.45) is 0 Å². The summed E-state index contributed by atoms with van der Waals surface area (Å²) >= 11 is 13.4. The Balaban J connectivity index is 1.27. The number of amides is 1. The van der Waals surface area contributed by atoms with Crippen LogP contribution in [-0.4, -0.2) is 86.2 Å². The number of carboxylic acid groups (broad SMARTS) is 1. The molecule has 12 nitrogen and oxygen atoms in total. The van der Waals surface area contributed by atoms with Gasteiger partial charge in [-0.05, 0) is 43.5 Å². The summed E-state index contributed by atoms with van der Waals surface area (Å²) in [7, 11) is 1.33. The van der Waals surface area contributed by atoms with Crippen molar-refractivity contribution in [3.05, 3.63) is 57.3 Å². The van der Waals surface area contributed by atoms with E-state index in [1.807, 2.05) is 24.3 Å². The number of ether oxygens (including phenoxy) is 3. The van der Waals surface area contributed by atoms with E-state index >= 15 is 0 Å². The molecule has 0 bridgehead atoms. The van der Waals surface area contributed by atoms with E-state index in [0.29, 0.717) is 5.56 Å². The summed E-state index contributed by atoms with van der Waals surface area (Å²) in [4.78, 5) is 28.8. The van der Waals surface area contributed by atoms with Crippen molar-refractivity contribution in [3.8, 4) is 5.75 Å². The molecule has 1 aromatic heterocycles. The number of fused-ring (bicyclic) bond motifs is 1. The van der Waals surface area contributed by atoms with Gasteiger partial charge in [0.25, 0.3) is 5.91 Å². The van der Waals surface area contributed by atoms with Crippen LogP contribution in [0.2, 0.25) is 10.0 Å². The zero-order valence-corrected chi connectivity index (χ0v) is 32.3. The normalized spacial score (nSPS) is 20.2. The van der Waals surface area contributed by atoms with Crippen molar-refractivity contribution < 1.29 is 44.2 Å². The van der Waals surface area contributed by atoms with E-state index in [1.165, 1.54) is 64.5 Å². The fraction of sp³-hybridized carbons (Fsp3) is 0.615.